The molecule has 13 heteroatoms. The number of nitrogens with zero attached hydrogens (tertiary/aromatic N) is 2. The van der Waals surface area contributed by atoms with Crippen LogP contribution in [-0.4, -0.2) is 59.2 Å². The van der Waals surface area contributed by atoms with Crippen LogP contribution in [0.15, 0.2) is 23.7 Å². The lowest BCUT2D eigenvalue weighted by atomic mass is 9.61. The molecule has 224 valence electrons. The van der Waals surface area contributed by atoms with Crippen molar-refractivity contribution < 1.29 is 40.9 Å². The van der Waals surface area contributed by atoms with Gasteiger partial charge in [0.1, 0.15) is 0 Å². The summed E-state index contributed by atoms with van der Waals surface area (Å²) in [6.45, 7) is 14.9. The van der Waals surface area contributed by atoms with E-state index in [-0.39, 0.29) is 16.3 Å². The van der Waals surface area contributed by atoms with E-state index in [0.29, 0.717) is 24.1 Å². The first kappa shape index (κ1) is 30.5. The second-order valence-electron chi connectivity index (χ2n) is 13.2. The van der Waals surface area contributed by atoms with E-state index in [2.05, 4.69) is 5.10 Å². The standard InChI is InChI=1S/C28H38B2F4N2O5/c1-24(2)25(3,4)39-29(38-24)19(16-28(32,33)34)22(30-40-26(5,6)27(7,8)41-30)17-12-13-20-18(15-17)23(31)35-36(20)21-11-9-10-14-37-21/h12-13,15,21H,9-11,14,16H2,1-8H3. The molecule has 1 atom stereocenters. The number of aromatic nitrogens is 2. The smallest absolute Gasteiger partial charge is 0.400 e. The van der Waals surface area contributed by atoms with Crippen LogP contribution in [0, 0.1) is 5.95 Å². The summed E-state index contributed by atoms with van der Waals surface area (Å²) in [7, 11) is -2.54. The Hall–Kier alpha value is -1.92. The zero-order valence-corrected chi connectivity index (χ0v) is 24.9. The molecule has 4 heterocycles. The predicted molar refractivity (Wildman–Crippen MR) is 148 cm³/mol. The molecule has 2 aromatic rings. The van der Waals surface area contributed by atoms with Crippen LogP contribution in [0.1, 0.15) is 92.9 Å². The Morgan fingerprint density at radius 1 is 0.902 bits per heavy atom. The van der Waals surface area contributed by atoms with Gasteiger partial charge in [-0.15, -0.1) is 5.10 Å². The van der Waals surface area contributed by atoms with Crippen molar-refractivity contribution in [2.24, 2.45) is 0 Å². The van der Waals surface area contributed by atoms with Gasteiger partial charge in [0.05, 0.1) is 39.7 Å². The number of benzene rings is 1. The third-order valence-corrected chi connectivity index (χ3v) is 9.16. The Balaban J connectivity index is 1.70. The van der Waals surface area contributed by atoms with Crippen molar-refractivity contribution in [2.45, 2.75) is 116 Å². The molecule has 3 aliphatic rings. The van der Waals surface area contributed by atoms with Crippen molar-refractivity contribution >= 4 is 30.6 Å². The minimum absolute atomic E-state index is 0.0995. The first-order chi connectivity index (χ1) is 18.8. The molecule has 0 saturated carbocycles. The molecule has 0 N–H and O–H groups in total. The van der Waals surface area contributed by atoms with Crippen LogP contribution < -0.4 is 0 Å². The molecule has 41 heavy (non-hydrogen) atoms. The number of halogens is 4. The average molecular weight is 580 g/mol. The molecule has 0 bridgehead atoms. The van der Waals surface area contributed by atoms with Gasteiger partial charge < -0.3 is 23.4 Å². The predicted octanol–water partition coefficient (Wildman–Crippen LogP) is 6.84. The molecule has 3 fully saturated rings. The van der Waals surface area contributed by atoms with Crippen LogP contribution in [0.2, 0.25) is 0 Å². The second kappa shape index (κ2) is 10.1. The van der Waals surface area contributed by atoms with Gasteiger partial charge in [-0.25, -0.2) is 4.68 Å². The first-order valence-electron chi connectivity index (χ1n) is 14.1. The highest BCUT2D eigenvalue weighted by molar-refractivity contribution is 6.74. The topological polar surface area (TPSA) is 64.0 Å². The number of rotatable bonds is 5. The van der Waals surface area contributed by atoms with Gasteiger partial charge >= 0.3 is 20.4 Å². The molecule has 0 spiro atoms. The van der Waals surface area contributed by atoms with Gasteiger partial charge in [-0.05, 0) is 103 Å². The van der Waals surface area contributed by atoms with Gasteiger partial charge in [-0.3, -0.25) is 0 Å². The fourth-order valence-electron chi connectivity index (χ4n) is 5.35. The zero-order valence-electron chi connectivity index (χ0n) is 24.9. The van der Waals surface area contributed by atoms with Gasteiger partial charge in [-0.1, -0.05) is 6.07 Å². The van der Waals surface area contributed by atoms with E-state index >= 15 is 4.39 Å². The Bertz CT molecular complexity index is 1320. The molecule has 1 aromatic heterocycles. The van der Waals surface area contributed by atoms with Crippen molar-refractivity contribution in [3.8, 4) is 0 Å². The lowest BCUT2D eigenvalue weighted by molar-refractivity contribution is -0.126. The van der Waals surface area contributed by atoms with Crippen molar-refractivity contribution in [1.82, 2.24) is 9.78 Å². The van der Waals surface area contributed by atoms with Crippen LogP contribution in [-0.2, 0) is 23.4 Å². The summed E-state index contributed by atoms with van der Waals surface area (Å²) in [6, 6.07) is 4.79. The molecule has 0 radical (unpaired) electrons. The maximum atomic E-state index is 15.3. The first-order valence-corrected chi connectivity index (χ1v) is 14.1. The van der Waals surface area contributed by atoms with Crippen molar-refractivity contribution in [3.05, 3.63) is 35.2 Å². The summed E-state index contributed by atoms with van der Waals surface area (Å²) in [5, 5.41) is 4.25. The highest BCUT2D eigenvalue weighted by atomic mass is 19.4. The number of fused-ring (bicyclic) bond motifs is 1. The van der Waals surface area contributed by atoms with E-state index in [9.17, 15) is 13.2 Å². The Labute approximate surface area is 239 Å². The number of hydrogen-bond acceptors (Lipinski definition) is 6. The summed E-state index contributed by atoms with van der Waals surface area (Å²) in [5.41, 5.74) is -2.78. The van der Waals surface area contributed by atoms with Gasteiger partial charge in [0, 0.05) is 6.61 Å². The maximum Gasteiger partial charge on any atom is 0.494 e. The SMILES string of the molecule is CC1(C)OB(C(CC(F)(F)F)=C(B2OC(C)(C)C(C)(C)O2)c2ccc3c(c2)c(F)nn3C2CCCCO2)OC1(C)C. The van der Waals surface area contributed by atoms with E-state index in [1.807, 2.05) is 27.7 Å². The maximum absolute atomic E-state index is 15.3. The fourth-order valence-corrected chi connectivity index (χ4v) is 5.35. The largest absolute Gasteiger partial charge is 0.494 e. The van der Waals surface area contributed by atoms with Gasteiger partial charge in [-0.2, -0.15) is 17.6 Å². The van der Waals surface area contributed by atoms with E-state index in [0.717, 1.165) is 12.8 Å². The number of allylic oxidation sites excluding steroid dienone is 1. The van der Waals surface area contributed by atoms with Crippen molar-refractivity contribution in [1.29, 1.82) is 0 Å². The summed E-state index contributed by atoms with van der Waals surface area (Å²) in [6.07, 6.45) is -3.81. The molecule has 3 saturated heterocycles. The second-order valence-corrected chi connectivity index (χ2v) is 13.2. The molecule has 0 amide bonds. The molecule has 5 rings (SSSR count). The summed E-state index contributed by atoms with van der Waals surface area (Å²) >= 11 is 0. The van der Waals surface area contributed by atoms with Crippen molar-refractivity contribution in [3.63, 3.8) is 0 Å². The van der Waals surface area contributed by atoms with E-state index < -0.39 is 61.4 Å². The summed E-state index contributed by atoms with van der Waals surface area (Å²) in [5.74, 6) is -0.739. The Kier molecular flexibility index (Phi) is 7.51. The zero-order chi connectivity index (χ0) is 30.2. The molecule has 1 unspecified atom stereocenters. The normalized spacial score (nSPS) is 26.1. The van der Waals surface area contributed by atoms with Crippen LogP contribution >= 0.6 is 0 Å². The number of ether oxygens (including phenoxy) is 1. The highest BCUT2D eigenvalue weighted by Crippen LogP contribution is 2.47. The lowest BCUT2D eigenvalue weighted by Crippen LogP contribution is -2.41. The molecular weight excluding hydrogens is 542 g/mol. The van der Waals surface area contributed by atoms with Gasteiger partial charge in [0.25, 0.3) is 0 Å². The highest BCUT2D eigenvalue weighted by Gasteiger charge is 2.58. The minimum atomic E-state index is -4.60. The van der Waals surface area contributed by atoms with E-state index in [1.54, 1.807) is 39.8 Å². The quantitative estimate of drug-likeness (QED) is 0.285. The Morgan fingerprint density at radius 3 is 1.98 bits per heavy atom. The van der Waals surface area contributed by atoms with Gasteiger partial charge in [0.15, 0.2) is 6.23 Å². The van der Waals surface area contributed by atoms with Crippen LogP contribution in [0.3, 0.4) is 0 Å². The summed E-state index contributed by atoms with van der Waals surface area (Å²) in [4.78, 5) is 0. The third kappa shape index (κ3) is 5.60. The third-order valence-electron chi connectivity index (χ3n) is 9.16. The lowest BCUT2D eigenvalue weighted by Gasteiger charge is -2.32. The molecule has 7 nitrogen and oxygen atoms in total. The molecule has 0 aliphatic carbocycles. The van der Waals surface area contributed by atoms with Crippen LogP contribution in [0.4, 0.5) is 17.6 Å². The fraction of sp³-hybridized carbons (Fsp3) is 0.679. The molecular formula is C28H38B2F4N2O5. The van der Waals surface area contributed by atoms with Crippen LogP contribution in [0.25, 0.3) is 16.4 Å². The van der Waals surface area contributed by atoms with Crippen LogP contribution in [0.5, 0.6) is 0 Å². The van der Waals surface area contributed by atoms with Crippen molar-refractivity contribution in [2.75, 3.05) is 6.61 Å². The Morgan fingerprint density at radius 2 is 1.46 bits per heavy atom. The summed E-state index contributed by atoms with van der Waals surface area (Å²) < 4.78 is 90.2. The molecule has 3 aliphatic heterocycles. The monoisotopic (exact) mass is 580 g/mol. The minimum Gasteiger partial charge on any atom is -0.400 e. The average Bonchev–Trinajstić information content (AvgIpc) is 3.37. The van der Waals surface area contributed by atoms with Gasteiger partial charge in [0.2, 0.25) is 5.95 Å². The van der Waals surface area contributed by atoms with E-state index in [4.69, 9.17) is 23.4 Å². The number of hydrogen-bond donors (Lipinski definition) is 0. The van der Waals surface area contributed by atoms with E-state index in [1.165, 1.54) is 10.7 Å². The molecule has 1 aromatic carbocycles. The number of alkyl halides is 3.